The number of hydrogen-bond donors (Lipinski definition) is 0. The van der Waals surface area contributed by atoms with Gasteiger partial charge in [-0.05, 0) is 35.4 Å². The van der Waals surface area contributed by atoms with E-state index in [4.69, 9.17) is 16.3 Å². The van der Waals surface area contributed by atoms with Crippen LogP contribution in [0.2, 0.25) is 5.02 Å². The molecule has 0 amide bonds. The molecule has 0 spiro atoms. The first kappa shape index (κ1) is 12.7. The van der Waals surface area contributed by atoms with Gasteiger partial charge >= 0.3 is 5.97 Å². The van der Waals surface area contributed by atoms with Gasteiger partial charge in [-0.15, -0.1) is 0 Å². The largest absolute Gasteiger partial charge is 0.423 e. The van der Waals surface area contributed by atoms with E-state index in [1.807, 2.05) is 36.4 Å². The highest BCUT2D eigenvalue weighted by Gasteiger charge is 2.22. The van der Waals surface area contributed by atoms with Crippen LogP contribution in [-0.4, -0.2) is 5.97 Å². The summed E-state index contributed by atoms with van der Waals surface area (Å²) in [7, 11) is 0. The summed E-state index contributed by atoms with van der Waals surface area (Å²) in [4.78, 5) is 11.9. The highest BCUT2D eigenvalue weighted by atomic mass is 35.5. The fraction of sp³-hybridized carbons (Fsp3) is 0. The Kier molecular flexibility index (Phi) is 3.40. The molecule has 0 radical (unpaired) electrons. The molecule has 0 saturated carbocycles. The molecule has 3 rings (SSSR count). The third-order valence-corrected chi connectivity index (χ3v) is 3.23. The van der Waals surface area contributed by atoms with Crippen LogP contribution in [0.1, 0.15) is 11.1 Å². The van der Waals surface area contributed by atoms with Crippen molar-refractivity contribution in [3.63, 3.8) is 0 Å². The summed E-state index contributed by atoms with van der Waals surface area (Å²) in [6.45, 7) is 0. The lowest BCUT2D eigenvalue weighted by atomic mass is 10.1. The highest BCUT2D eigenvalue weighted by molar-refractivity contribution is 6.30. The molecule has 98 valence electrons. The summed E-state index contributed by atoms with van der Waals surface area (Å²) < 4.78 is 5.26. The van der Waals surface area contributed by atoms with Crippen molar-refractivity contribution in [2.45, 2.75) is 0 Å². The maximum atomic E-state index is 11.9. The fourth-order valence-corrected chi connectivity index (χ4v) is 2.13. The summed E-state index contributed by atoms with van der Waals surface area (Å²) in [6.07, 6.45) is 3.58. The van der Waals surface area contributed by atoms with Crippen molar-refractivity contribution in [1.82, 2.24) is 0 Å². The van der Waals surface area contributed by atoms with Crippen LogP contribution in [0.3, 0.4) is 0 Å². The van der Waals surface area contributed by atoms with E-state index in [9.17, 15) is 4.79 Å². The SMILES string of the molecule is O=C1O/C(=C\c2ccccc2)C=C1c1ccc(Cl)cc1. The normalized spacial score (nSPS) is 16.1. The molecule has 0 aliphatic carbocycles. The predicted octanol–water partition coefficient (Wildman–Crippen LogP) is 4.32. The standard InChI is InChI=1S/C17H11ClO2/c18-14-8-6-13(7-9-14)16-11-15(20-17(16)19)10-12-4-2-1-3-5-12/h1-11H/b15-10-. The average Bonchev–Trinajstić information content (AvgIpc) is 2.81. The van der Waals surface area contributed by atoms with Gasteiger partial charge in [0.05, 0.1) is 5.57 Å². The molecular formula is C17H11ClO2. The molecule has 2 aromatic carbocycles. The quantitative estimate of drug-likeness (QED) is 0.767. The fourth-order valence-electron chi connectivity index (χ4n) is 2.01. The maximum absolute atomic E-state index is 11.9. The van der Waals surface area contributed by atoms with Crippen molar-refractivity contribution >= 4 is 29.2 Å². The number of benzene rings is 2. The monoisotopic (exact) mass is 282 g/mol. The van der Waals surface area contributed by atoms with E-state index in [-0.39, 0.29) is 5.97 Å². The number of carbonyl (C=O) groups excluding carboxylic acids is 1. The van der Waals surface area contributed by atoms with E-state index in [1.54, 1.807) is 30.3 Å². The Morgan fingerprint density at radius 2 is 1.65 bits per heavy atom. The molecule has 0 fully saturated rings. The first-order chi connectivity index (χ1) is 9.72. The second kappa shape index (κ2) is 5.35. The van der Waals surface area contributed by atoms with E-state index >= 15 is 0 Å². The van der Waals surface area contributed by atoms with Gasteiger partial charge in [0, 0.05) is 5.02 Å². The summed E-state index contributed by atoms with van der Waals surface area (Å²) in [6, 6.07) is 16.8. The zero-order valence-corrected chi connectivity index (χ0v) is 11.3. The van der Waals surface area contributed by atoms with Crippen molar-refractivity contribution in [3.05, 3.63) is 82.6 Å². The van der Waals surface area contributed by atoms with Crippen LogP contribution in [0.15, 0.2) is 66.4 Å². The smallest absolute Gasteiger partial charge is 0.344 e. The minimum atomic E-state index is -0.338. The Labute approximate surface area is 122 Å². The third-order valence-electron chi connectivity index (χ3n) is 2.98. The van der Waals surface area contributed by atoms with E-state index in [2.05, 4.69) is 0 Å². The van der Waals surface area contributed by atoms with E-state index < -0.39 is 0 Å². The molecule has 1 heterocycles. The van der Waals surface area contributed by atoms with Crippen molar-refractivity contribution in [2.24, 2.45) is 0 Å². The number of halogens is 1. The topological polar surface area (TPSA) is 26.3 Å². The van der Waals surface area contributed by atoms with Crippen molar-refractivity contribution in [3.8, 4) is 0 Å². The first-order valence-corrected chi connectivity index (χ1v) is 6.57. The lowest BCUT2D eigenvalue weighted by molar-refractivity contribution is -0.131. The van der Waals surface area contributed by atoms with Gasteiger partial charge in [-0.3, -0.25) is 0 Å². The summed E-state index contributed by atoms with van der Waals surface area (Å²) >= 11 is 5.84. The average molecular weight is 283 g/mol. The number of carbonyl (C=O) groups is 1. The van der Waals surface area contributed by atoms with Crippen LogP contribution in [-0.2, 0) is 9.53 Å². The molecule has 0 bridgehead atoms. The highest BCUT2D eigenvalue weighted by Crippen LogP contribution is 2.28. The van der Waals surface area contributed by atoms with Gasteiger partial charge in [0.1, 0.15) is 5.76 Å². The second-order valence-electron chi connectivity index (χ2n) is 4.41. The first-order valence-electron chi connectivity index (χ1n) is 6.19. The van der Waals surface area contributed by atoms with Crippen LogP contribution in [0.5, 0.6) is 0 Å². The summed E-state index contributed by atoms with van der Waals surface area (Å²) in [5.74, 6) is 0.209. The second-order valence-corrected chi connectivity index (χ2v) is 4.85. The van der Waals surface area contributed by atoms with Gasteiger partial charge < -0.3 is 4.74 Å². The van der Waals surface area contributed by atoms with Crippen LogP contribution in [0.4, 0.5) is 0 Å². The van der Waals surface area contributed by atoms with Crippen molar-refractivity contribution in [2.75, 3.05) is 0 Å². The minimum Gasteiger partial charge on any atom is -0.423 e. The van der Waals surface area contributed by atoms with Gasteiger partial charge in [-0.2, -0.15) is 0 Å². The molecular weight excluding hydrogens is 272 g/mol. The molecule has 0 N–H and O–H groups in total. The van der Waals surface area contributed by atoms with E-state index in [0.717, 1.165) is 11.1 Å². The Morgan fingerprint density at radius 3 is 2.35 bits per heavy atom. The van der Waals surface area contributed by atoms with Gasteiger partial charge in [0.2, 0.25) is 0 Å². The molecule has 0 atom stereocenters. The molecule has 2 aromatic rings. The molecule has 0 unspecified atom stereocenters. The molecule has 3 heteroatoms. The van der Waals surface area contributed by atoms with Gasteiger partial charge in [0.15, 0.2) is 0 Å². The Morgan fingerprint density at radius 1 is 0.950 bits per heavy atom. The Balaban J connectivity index is 1.93. The Hall–Kier alpha value is -2.32. The van der Waals surface area contributed by atoms with Crippen LogP contribution >= 0.6 is 11.6 Å². The number of esters is 1. The third kappa shape index (κ3) is 2.65. The van der Waals surface area contributed by atoms with Crippen LogP contribution < -0.4 is 0 Å². The molecule has 0 saturated heterocycles. The number of ether oxygens (including phenoxy) is 1. The lowest BCUT2D eigenvalue weighted by Crippen LogP contribution is -1.97. The van der Waals surface area contributed by atoms with Crippen molar-refractivity contribution in [1.29, 1.82) is 0 Å². The molecule has 1 aliphatic heterocycles. The molecule has 0 aromatic heterocycles. The summed E-state index contributed by atoms with van der Waals surface area (Å²) in [5, 5.41) is 0.640. The van der Waals surface area contributed by atoms with Crippen LogP contribution in [0.25, 0.3) is 11.6 Å². The Bertz CT molecular complexity index is 698. The molecule has 20 heavy (non-hydrogen) atoms. The van der Waals surface area contributed by atoms with Crippen LogP contribution in [0, 0.1) is 0 Å². The summed E-state index contributed by atoms with van der Waals surface area (Å²) in [5.41, 5.74) is 2.34. The number of rotatable bonds is 2. The number of cyclic esters (lactones) is 1. The zero-order chi connectivity index (χ0) is 13.9. The van der Waals surface area contributed by atoms with Gasteiger partial charge in [0.25, 0.3) is 0 Å². The number of hydrogen-bond acceptors (Lipinski definition) is 2. The lowest BCUT2D eigenvalue weighted by Gasteiger charge is -1.99. The van der Waals surface area contributed by atoms with Gasteiger partial charge in [-0.25, -0.2) is 4.79 Å². The molecule has 2 nitrogen and oxygen atoms in total. The maximum Gasteiger partial charge on any atom is 0.344 e. The predicted molar refractivity (Wildman–Crippen MR) is 79.9 cm³/mol. The number of allylic oxidation sites excluding steroid dienone is 1. The van der Waals surface area contributed by atoms with E-state index in [0.29, 0.717) is 16.4 Å². The molecule has 1 aliphatic rings. The van der Waals surface area contributed by atoms with Gasteiger partial charge in [-0.1, -0.05) is 54.1 Å². The zero-order valence-electron chi connectivity index (χ0n) is 10.5. The minimum absolute atomic E-state index is 0.338. The van der Waals surface area contributed by atoms with E-state index in [1.165, 1.54) is 0 Å². The van der Waals surface area contributed by atoms with Crippen molar-refractivity contribution < 1.29 is 9.53 Å².